The molecule has 2 rings (SSSR count). The van der Waals surface area contributed by atoms with E-state index in [4.69, 9.17) is 9.47 Å². The van der Waals surface area contributed by atoms with Crippen molar-refractivity contribution in [3.05, 3.63) is 29.8 Å². The number of aliphatic imine (C=N–C) groups is 1. The minimum atomic E-state index is -0.450. The van der Waals surface area contributed by atoms with Crippen LogP contribution in [0.15, 0.2) is 29.3 Å². The molecule has 1 fully saturated rings. The third-order valence-corrected chi connectivity index (χ3v) is 4.83. The molecule has 8 nitrogen and oxygen atoms in total. The van der Waals surface area contributed by atoms with Gasteiger partial charge in [-0.25, -0.2) is 4.79 Å². The zero-order chi connectivity index (χ0) is 22.0. The normalized spacial score (nSPS) is 15.6. The average Bonchev–Trinajstić information content (AvgIpc) is 2.72. The zero-order valence-electron chi connectivity index (χ0n) is 19.0. The van der Waals surface area contributed by atoms with Crippen LogP contribution in [0.3, 0.4) is 0 Å². The molecular formula is C22H37N5O3. The van der Waals surface area contributed by atoms with E-state index in [-0.39, 0.29) is 6.09 Å². The number of ether oxygens (including phenoxy) is 2. The monoisotopic (exact) mass is 419 g/mol. The number of benzene rings is 1. The van der Waals surface area contributed by atoms with Gasteiger partial charge in [0.05, 0.1) is 7.11 Å². The highest BCUT2D eigenvalue weighted by Gasteiger charge is 2.25. The average molecular weight is 420 g/mol. The maximum absolute atomic E-state index is 12.1. The van der Waals surface area contributed by atoms with E-state index < -0.39 is 5.60 Å². The van der Waals surface area contributed by atoms with Crippen LogP contribution in [0, 0.1) is 0 Å². The van der Waals surface area contributed by atoms with Gasteiger partial charge in [0, 0.05) is 52.9 Å². The summed E-state index contributed by atoms with van der Waals surface area (Å²) in [6.07, 6.45) is 0.693. The SMILES string of the molecule is CN=C(NCCc1ccc(OC)cc1)NCCN1CCN(C(=O)OC(C)(C)C)CC1. The van der Waals surface area contributed by atoms with Crippen molar-refractivity contribution in [1.29, 1.82) is 0 Å². The number of amides is 1. The van der Waals surface area contributed by atoms with Crippen molar-refractivity contribution in [2.75, 3.05) is 60.0 Å². The molecule has 8 heteroatoms. The molecule has 0 aliphatic carbocycles. The second kappa shape index (κ2) is 11.6. The summed E-state index contributed by atoms with van der Waals surface area (Å²) in [5, 5.41) is 6.71. The van der Waals surface area contributed by atoms with E-state index in [2.05, 4.69) is 32.7 Å². The van der Waals surface area contributed by atoms with Crippen molar-refractivity contribution in [2.24, 2.45) is 4.99 Å². The van der Waals surface area contributed by atoms with Crippen LogP contribution in [0.5, 0.6) is 5.75 Å². The minimum Gasteiger partial charge on any atom is -0.497 e. The van der Waals surface area contributed by atoms with Gasteiger partial charge in [0.2, 0.25) is 0 Å². The first kappa shape index (κ1) is 23.8. The lowest BCUT2D eigenvalue weighted by molar-refractivity contribution is 0.0147. The smallest absolute Gasteiger partial charge is 0.410 e. The van der Waals surface area contributed by atoms with E-state index in [1.54, 1.807) is 19.1 Å². The maximum atomic E-state index is 12.1. The molecule has 1 saturated heterocycles. The van der Waals surface area contributed by atoms with Crippen molar-refractivity contribution in [3.8, 4) is 5.75 Å². The standard InChI is InChI=1S/C22H37N5O3/c1-22(2,3)30-21(28)27-16-14-26(15-17-27)13-12-25-20(23-4)24-11-10-18-6-8-19(29-5)9-7-18/h6-9H,10-17H2,1-5H3,(H2,23,24,25). The molecule has 1 amide bonds. The van der Waals surface area contributed by atoms with Crippen LogP contribution in [-0.2, 0) is 11.2 Å². The van der Waals surface area contributed by atoms with Gasteiger partial charge < -0.3 is 25.0 Å². The van der Waals surface area contributed by atoms with Crippen molar-refractivity contribution in [1.82, 2.24) is 20.4 Å². The molecule has 1 heterocycles. The van der Waals surface area contributed by atoms with Gasteiger partial charge in [0.15, 0.2) is 5.96 Å². The highest BCUT2D eigenvalue weighted by atomic mass is 16.6. The van der Waals surface area contributed by atoms with Crippen molar-refractivity contribution in [2.45, 2.75) is 32.8 Å². The summed E-state index contributed by atoms with van der Waals surface area (Å²) in [4.78, 5) is 20.6. The maximum Gasteiger partial charge on any atom is 0.410 e. The molecule has 1 aliphatic heterocycles. The minimum absolute atomic E-state index is 0.221. The van der Waals surface area contributed by atoms with E-state index in [1.807, 2.05) is 32.9 Å². The Morgan fingerprint density at radius 3 is 2.27 bits per heavy atom. The van der Waals surface area contributed by atoms with Crippen LogP contribution >= 0.6 is 0 Å². The van der Waals surface area contributed by atoms with Crippen molar-refractivity contribution >= 4 is 12.1 Å². The fourth-order valence-electron chi connectivity index (χ4n) is 3.15. The summed E-state index contributed by atoms with van der Waals surface area (Å²) in [7, 11) is 3.45. The number of nitrogens with one attached hydrogen (secondary N) is 2. The number of hydrogen-bond acceptors (Lipinski definition) is 5. The van der Waals surface area contributed by atoms with E-state index in [9.17, 15) is 4.79 Å². The van der Waals surface area contributed by atoms with E-state index in [0.29, 0.717) is 13.1 Å². The first-order valence-electron chi connectivity index (χ1n) is 10.6. The number of rotatable bonds is 7. The van der Waals surface area contributed by atoms with Gasteiger partial charge >= 0.3 is 6.09 Å². The largest absolute Gasteiger partial charge is 0.497 e. The predicted molar refractivity (Wildman–Crippen MR) is 120 cm³/mol. The molecule has 0 saturated carbocycles. The number of methoxy groups -OCH3 is 1. The van der Waals surface area contributed by atoms with Gasteiger partial charge in [0.1, 0.15) is 11.4 Å². The van der Waals surface area contributed by atoms with Crippen LogP contribution < -0.4 is 15.4 Å². The highest BCUT2D eigenvalue weighted by Crippen LogP contribution is 2.12. The van der Waals surface area contributed by atoms with Crippen LogP contribution in [0.4, 0.5) is 4.79 Å². The van der Waals surface area contributed by atoms with Gasteiger partial charge in [-0.2, -0.15) is 0 Å². The highest BCUT2D eigenvalue weighted by molar-refractivity contribution is 5.79. The molecule has 1 aromatic carbocycles. The number of carbonyl (C=O) groups is 1. The lowest BCUT2D eigenvalue weighted by atomic mass is 10.1. The van der Waals surface area contributed by atoms with Gasteiger partial charge in [-0.1, -0.05) is 12.1 Å². The summed E-state index contributed by atoms with van der Waals surface area (Å²) in [6.45, 7) is 11.3. The summed E-state index contributed by atoms with van der Waals surface area (Å²) in [5.74, 6) is 1.67. The number of carbonyl (C=O) groups excluding carboxylic acids is 1. The predicted octanol–water partition coefficient (Wildman–Crippen LogP) is 1.96. The first-order chi connectivity index (χ1) is 14.3. The summed E-state index contributed by atoms with van der Waals surface area (Å²) in [6, 6.07) is 8.11. The van der Waals surface area contributed by atoms with Gasteiger partial charge in [0.25, 0.3) is 0 Å². The Balaban J connectivity index is 1.61. The third kappa shape index (κ3) is 8.49. The molecular weight excluding hydrogens is 382 g/mol. The molecule has 0 atom stereocenters. The zero-order valence-corrected chi connectivity index (χ0v) is 19.0. The second-order valence-corrected chi connectivity index (χ2v) is 8.33. The van der Waals surface area contributed by atoms with Crippen molar-refractivity contribution < 1.29 is 14.3 Å². The number of nitrogens with zero attached hydrogens (tertiary/aromatic N) is 3. The molecule has 1 aromatic rings. The molecule has 0 radical (unpaired) electrons. The van der Waals surface area contributed by atoms with E-state index >= 15 is 0 Å². The van der Waals surface area contributed by atoms with Crippen LogP contribution in [-0.4, -0.2) is 87.4 Å². The lowest BCUT2D eigenvalue weighted by Crippen LogP contribution is -2.51. The molecule has 0 unspecified atom stereocenters. The fourth-order valence-corrected chi connectivity index (χ4v) is 3.15. The molecule has 1 aliphatic rings. The Kier molecular flexibility index (Phi) is 9.23. The molecule has 0 bridgehead atoms. The van der Waals surface area contributed by atoms with Gasteiger partial charge in [-0.3, -0.25) is 9.89 Å². The molecule has 2 N–H and O–H groups in total. The Labute approximate surface area is 180 Å². The van der Waals surface area contributed by atoms with Gasteiger partial charge in [-0.15, -0.1) is 0 Å². The van der Waals surface area contributed by atoms with Crippen LogP contribution in [0.1, 0.15) is 26.3 Å². The summed E-state index contributed by atoms with van der Waals surface area (Å²) < 4.78 is 10.6. The quantitative estimate of drug-likeness (QED) is 0.520. The van der Waals surface area contributed by atoms with Crippen molar-refractivity contribution in [3.63, 3.8) is 0 Å². The van der Waals surface area contributed by atoms with E-state index in [0.717, 1.165) is 50.9 Å². The summed E-state index contributed by atoms with van der Waals surface area (Å²) >= 11 is 0. The van der Waals surface area contributed by atoms with E-state index in [1.165, 1.54) is 5.56 Å². The Morgan fingerprint density at radius 2 is 1.70 bits per heavy atom. The van der Waals surface area contributed by atoms with Crippen LogP contribution in [0.25, 0.3) is 0 Å². The Hall–Kier alpha value is -2.48. The third-order valence-electron chi connectivity index (χ3n) is 4.83. The number of hydrogen-bond donors (Lipinski definition) is 2. The Bertz CT molecular complexity index is 677. The topological polar surface area (TPSA) is 78.4 Å². The molecule has 168 valence electrons. The van der Waals surface area contributed by atoms with Gasteiger partial charge in [-0.05, 0) is 44.9 Å². The molecule has 30 heavy (non-hydrogen) atoms. The summed E-state index contributed by atoms with van der Waals surface area (Å²) in [5.41, 5.74) is 0.801. The second-order valence-electron chi connectivity index (χ2n) is 8.33. The van der Waals surface area contributed by atoms with Crippen LogP contribution in [0.2, 0.25) is 0 Å². The molecule has 0 aromatic heterocycles. The first-order valence-corrected chi connectivity index (χ1v) is 10.6. The number of piperazine rings is 1. The molecule has 0 spiro atoms. The Morgan fingerprint density at radius 1 is 1.07 bits per heavy atom. The lowest BCUT2D eigenvalue weighted by Gasteiger charge is -2.35. The number of guanidine groups is 1. The fraction of sp³-hybridized carbons (Fsp3) is 0.636.